The molecule has 0 unspecified atom stereocenters. The Balaban J connectivity index is 0. The van der Waals surface area contributed by atoms with Gasteiger partial charge in [-0.2, -0.15) is 0 Å². The van der Waals surface area contributed by atoms with Crippen molar-refractivity contribution in [1.82, 2.24) is 10.6 Å². The Hall–Kier alpha value is -0.160. The van der Waals surface area contributed by atoms with E-state index in [-0.39, 0.29) is 24.8 Å². The lowest BCUT2D eigenvalue weighted by molar-refractivity contribution is 0.148. The fraction of sp³-hybridized carbons (Fsp3) is 1.00. The van der Waals surface area contributed by atoms with Gasteiger partial charge in [-0.05, 0) is 20.8 Å². The second-order valence-corrected chi connectivity index (χ2v) is 5.26. The summed E-state index contributed by atoms with van der Waals surface area (Å²) in [6, 6.07) is 1.35. The molecule has 3 atom stereocenters. The second-order valence-electron chi connectivity index (χ2n) is 5.26. The molecule has 0 saturated carbocycles. The largest absolute Gasteiger partial charge is 0.395 e. The highest BCUT2D eigenvalue weighted by atomic mass is 16.3. The number of hydrogen-bond acceptors (Lipinski definition) is 4. The normalized spacial score (nSPS) is 16.4. The van der Waals surface area contributed by atoms with E-state index in [0.29, 0.717) is 12.1 Å². The highest BCUT2D eigenvalue weighted by molar-refractivity contribution is 4.68. The molecule has 0 aromatic rings. The van der Waals surface area contributed by atoms with E-state index >= 15 is 0 Å². The van der Waals surface area contributed by atoms with Crippen LogP contribution in [0.15, 0.2) is 0 Å². The maximum absolute atomic E-state index is 9.01. The smallest absolute Gasteiger partial charge is 0.0662 e. The molecule has 0 heterocycles. The molecule has 0 aromatic carbocycles. The molecule has 4 N–H and O–H groups in total. The van der Waals surface area contributed by atoms with Crippen LogP contribution < -0.4 is 10.6 Å². The van der Waals surface area contributed by atoms with E-state index in [1.165, 1.54) is 0 Å². The van der Waals surface area contributed by atoms with Gasteiger partial charge in [0.25, 0.3) is 0 Å². The Morgan fingerprint density at radius 3 is 1.35 bits per heavy atom. The van der Waals surface area contributed by atoms with Crippen LogP contribution in [0.4, 0.5) is 0 Å². The predicted octanol–water partition coefficient (Wildman–Crippen LogP) is 1.12. The summed E-state index contributed by atoms with van der Waals surface area (Å²) in [7, 11) is 0. The average Bonchev–Trinajstić information content (AvgIpc) is 2.16. The fourth-order valence-electron chi connectivity index (χ4n) is 1.29. The van der Waals surface area contributed by atoms with Gasteiger partial charge in [0.15, 0.2) is 0 Å². The Morgan fingerprint density at radius 1 is 0.824 bits per heavy atom. The van der Waals surface area contributed by atoms with E-state index in [4.69, 9.17) is 10.2 Å². The van der Waals surface area contributed by atoms with Crippen molar-refractivity contribution < 1.29 is 10.2 Å². The third-order valence-electron chi connectivity index (χ3n) is 2.21. The molecule has 0 radical (unpaired) electrons. The van der Waals surface area contributed by atoms with Gasteiger partial charge in [-0.15, -0.1) is 0 Å². The zero-order valence-electron chi connectivity index (χ0n) is 12.5. The second kappa shape index (κ2) is 11.0. The van der Waals surface area contributed by atoms with Crippen LogP contribution in [0, 0.1) is 0 Å². The Morgan fingerprint density at radius 2 is 1.24 bits per heavy atom. The van der Waals surface area contributed by atoms with Crippen molar-refractivity contribution in [3.05, 3.63) is 0 Å². The van der Waals surface area contributed by atoms with E-state index < -0.39 is 0 Å². The van der Waals surface area contributed by atoms with Crippen LogP contribution in [-0.4, -0.2) is 47.1 Å². The van der Waals surface area contributed by atoms with E-state index in [2.05, 4.69) is 38.3 Å². The van der Waals surface area contributed by atoms with Crippen LogP contribution in [-0.2, 0) is 0 Å². The lowest BCUT2D eigenvalue weighted by atomic mass is 10.2. The summed E-state index contributed by atoms with van der Waals surface area (Å²) in [6.07, 6.45) is -0.257. The molecule has 0 bridgehead atoms. The van der Waals surface area contributed by atoms with Gasteiger partial charge in [0, 0.05) is 24.2 Å². The lowest BCUT2D eigenvalue weighted by Crippen LogP contribution is -2.39. The minimum absolute atomic E-state index is 0.199. The highest BCUT2D eigenvalue weighted by Gasteiger charge is 2.07. The van der Waals surface area contributed by atoms with Gasteiger partial charge in [-0.3, -0.25) is 0 Å². The van der Waals surface area contributed by atoms with Crippen LogP contribution in [0.25, 0.3) is 0 Å². The molecule has 0 amide bonds. The Kier molecular flexibility index (Phi) is 12.4. The third kappa shape index (κ3) is 15.8. The van der Waals surface area contributed by atoms with Crippen molar-refractivity contribution in [2.75, 3.05) is 6.61 Å². The molecule has 4 heteroatoms. The van der Waals surface area contributed by atoms with Crippen molar-refractivity contribution in [3.63, 3.8) is 0 Å². The standard InChI is InChI=1S/C7H17NO.C6H15NO/c1-5(2)8-6(3)7(4)9;1-5(2)7-6(3)4-8/h5-9H,1-4H3;5-8H,4H2,1-3H3/t6-,7-;6-/m11/s1. The molecule has 17 heavy (non-hydrogen) atoms. The number of nitrogens with one attached hydrogen (secondary N) is 2. The number of hydrogen-bond donors (Lipinski definition) is 4. The molecule has 0 spiro atoms. The first-order valence-corrected chi connectivity index (χ1v) is 6.51. The van der Waals surface area contributed by atoms with Crippen molar-refractivity contribution in [3.8, 4) is 0 Å². The topological polar surface area (TPSA) is 64.5 Å². The summed E-state index contributed by atoms with van der Waals surface area (Å²) >= 11 is 0. The van der Waals surface area contributed by atoms with Crippen LogP contribution in [0.2, 0.25) is 0 Å². The predicted molar refractivity (Wildman–Crippen MR) is 74.2 cm³/mol. The molecule has 0 fully saturated rings. The van der Waals surface area contributed by atoms with Crippen molar-refractivity contribution in [2.45, 2.75) is 78.7 Å². The molecule has 0 aliphatic carbocycles. The molecule has 0 aliphatic heterocycles. The summed E-state index contributed by atoms with van der Waals surface area (Å²) < 4.78 is 0. The summed E-state index contributed by atoms with van der Waals surface area (Å²) in [6.45, 7) is 14.2. The van der Waals surface area contributed by atoms with E-state index in [0.717, 1.165) is 0 Å². The van der Waals surface area contributed by atoms with Crippen molar-refractivity contribution >= 4 is 0 Å². The average molecular weight is 248 g/mol. The minimum Gasteiger partial charge on any atom is -0.395 e. The molecule has 0 rings (SSSR count). The summed E-state index contributed by atoms with van der Waals surface area (Å²) in [5.41, 5.74) is 0. The lowest BCUT2D eigenvalue weighted by Gasteiger charge is -2.18. The Bertz CT molecular complexity index is 161. The number of aliphatic hydroxyl groups excluding tert-OH is 2. The molecule has 0 saturated heterocycles. The van der Waals surface area contributed by atoms with E-state index in [9.17, 15) is 0 Å². The van der Waals surface area contributed by atoms with Gasteiger partial charge >= 0.3 is 0 Å². The molecule has 106 valence electrons. The van der Waals surface area contributed by atoms with Gasteiger partial charge < -0.3 is 20.8 Å². The third-order valence-corrected chi connectivity index (χ3v) is 2.21. The fourth-order valence-corrected chi connectivity index (χ4v) is 1.29. The summed E-state index contributed by atoms with van der Waals surface area (Å²) in [4.78, 5) is 0. The van der Waals surface area contributed by atoms with Crippen LogP contribution in [0.3, 0.4) is 0 Å². The van der Waals surface area contributed by atoms with E-state index in [1.807, 2.05) is 13.8 Å². The van der Waals surface area contributed by atoms with Gasteiger partial charge in [0.05, 0.1) is 12.7 Å². The van der Waals surface area contributed by atoms with Gasteiger partial charge in [0.1, 0.15) is 0 Å². The van der Waals surface area contributed by atoms with Crippen LogP contribution >= 0.6 is 0 Å². The Labute approximate surface area is 107 Å². The maximum Gasteiger partial charge on any atom is 0.0662 e. The number of rotatable bonds is 6. The van der Waals surface area contributed by atoms with Crippen LogP contribution in [0.1, 0.15) is 48.5 Å². The molecule has 0 aliphatic rings. The zero-order valence-corrected chi connectivity index (χ0v) is 12.5. The zero-order chi connectivity index (χ0) is 14.0. The van der Waals surface area contributed by atoms with Crippen LogP contribution in [0.5, 0.6) is 0 Å². The first-order chi connectivity index (χ1) is 7.70. The SMILES string of the molecule is CC(C)N[C@H](C)CO.CC(C)N[C@H](C)[C@@H](C)O. The molecule has 4 nitrogen and oxygen atoms in total. The first-order valence-electron chi connectivity index (χ1n) is 6.51. The first kappa shape index (κ1) is 19.2. The molecular weight excluding hydrogens is 216 g/mol. The quantitative estimate of drug-likeness (QED) is 0.569. The van der Waals surface area contributed by atoms with Gasteiger partial charge in [-0.25, -0.2) is 0 Å². The number of aliphatic hydroxyl groups is 2. The minimum atomic E-state index is -0.257. The molecular formula is C13H32N2O2. The highest BCUT2D eigenvalue weighted by Crippen LogP contribution is 1.91. The van der Waals surface area contributed by atoms with Crippen molar-refractivity contribution in [2.24, 2.45) is 0 Å². The van der Waals surface area contributed by atoms with Crippen molar-refractivity contribution in [1.29, 1.82) is 0 Å². The maximum atomic E-state index is 9.01. The summed E-state index contributed by atoms with van der Waals surface area (Å²) in [5, 5.41) is 23.9. The van der Waals surface area contributed by atoms with Gasteiger partial charge in [0.2, 0.25) is 0 Å². The monoisotopic (exact) mass is 248 g/mol. The van der Waals surface area contributed by atoms with Gasteiger partial charge in [-0.1, -0.05) is 27.7 Å². The molecule has 0 aromatic heterocycles. The van der Waals surface area contributed by atoms with E-state index in [1.54, 1.807) is 6.92 Å². The summed E-state index contributed by atoms with van der Waals surface area (Å²) in [5.74, 6) is 0.